The van der Waals surface area contributed by atoms with Crippen LogP contribution in [0.4, 0.5) is 5.69 Å². The number of para-hydroxylation sites is 2. The van der Waals surface area contributed by atoms with Crippen LogP contribution in [-0.2, 0) is 10.0 Å². The van der Waals surface area contributed by atoms with Crippen molar-refractivity contribution in [1.82, 2.24) is 4.72 Å². The Morgan fingerprint density at radius 2 is 2.15 bits per heavy atom. The van der Waals surface area contributed by atoms with Crippen LogP contribution in [0.25, 0.3) is 0 Å². The van der Waals surface area contributed by atoms with E-state index in [0.29, 0.717) is 24.3 Å². The van der Waals surface area contributed by atoms with Gasteiger partial charge in [0.15, 0.2) is 0 Å². The lowest BCUT2D eigenvalue weighted by molar-refractivity contribution is 0.341. The summed E-state index contributed by atoms with van der Waals surface area (Å²) in [5, 5.41) is 0. The Balaban J connectivity index is 2.48. The molecule has 0 aliphatic carbocycles. The van der Waals surface area contributed by atoms with Crippen molar-refractivity contribution in [3.63, 3.8) is 0 Å². The van der Waals surface area contributed by atoms with E-state index in [2.05, 4.69) is 10.6 Å². The summed E-state index contributed by atoms with van der Waals surface area (Å²) in [7, 11) is -3.41. The van der Waals surface area contributed by atoms with E-state index in [9.17, 15) is 8.42 Å². The monoisotopic (exact) mass is 296 g/mol. The minimum atomic E-state index is -3.41. The molecule has 0 spiro atoms. The summed E-state index contributed by atoms with van der Waals surface area (Å²) in [6, 6.07) is 6.72. The molecule has 0 radical (unpaired) electrons. The molecule has 1 aromatic carbocycles. The van der Waals surface area contributed by atoms with Crippen molar-refractivity contribution < 1.29 is 13.2 Å². The van der Waals surface area contributed by atoms with Gasteiger partial charge in [-0.2, -0.15) is 0 Å². The van der Waals surface area contributed by atoms with Crippen LogP contribution in [0.3, 0.4) is 0 Å². The fraction of sp³-hybridized carbons (Fsp3) is 0.429. The van der Waals surface area contributed by atoms with Crippen molar-refractivity contribution >= 4 is 15.7 Å². The molecule has 0 aliphatic rings. The highest BCUT2D eigenvalue weighted by Gasteiger charge is 2.16. The number of nitrogen functional groups attached to an aromatic ring is 1. The molecule has 0 saturated carbocycles. The molecule has 1 atom stereocenters. The van der Waals surface area contributed by atoms with Crippen LogP contribution >= 0.6 is 0 Å². The number of hydrogen-bond donors (Lipinski definition) is 2. The lowest BCUT2D eigenvalue weighted by Gasteiger charge is -2.15. The van der Waals surface area contributed by atoms with Gasteiger partial charge in [-0.05, 0) is 18.6 Å². The summed E-state index contributed by atoms with van der Waals surface area (Å²) in [5.74, 6) is 2.80. The zero-order chi connectivity index (χ0) is 15.0. The van der Waals surface area contributed by atoms with Crippen molar-refractivity contribution in [1.29, 1.82) is 0 Å². The number of hydrogen-bond acceptors (Lipinski definition) is 4. The Labute approximate surface area is 120 Å². The Hall–Kier alpha value is -1.71. The first-order chi connectivity index (χ1) is 9.48. The summed E-state index contributed by atoms with van der Waals surface area (Å²) in [5.41, 5.74) is 6.18. The number of benzene rings is 1. The zero-order valence-corrected chi connectivity index (χ0v) is 12.3. The average Bonchev–Trinajstić information content (AvgIpc) is 2.40. The molecule has 0 amide bonds. The zero-order valence-electron chi connectivity index (χ0n) is 11.5. The van der Waals surface area contributed by atoms with Crippen LogP contribution in [0.15, 0.2) is 24.3 Å². The molecule has 20 heavy (non-hydrogen) atoms. The third-order valence-corrected chi connectivity index (χ3v) is 4.13. The topological polar surface area (TPSA) is 81.4 Å². The number of terminal acetylenes is 1. The van der Waals surface area contributed by atoms with Gasteiger partial charge in [0.05, 0.1) is 11.4 Å². The number of nitrogens with two attached hydrogens (primary N) is 1. The molecule has 0 aromatic heterocycles. The Morgan fingerprint density at radius 1 is 1.45 bits per heavy atom. The fourth-order valence-corrected chi connectivity index (χ4v) is 2.78. The minimum Gasteiger partial charge on any atom is -0.490 e. The maximum atomic E-state index is 11.9. The first-order valence-corrected chi connectivity index (χ1v) is 8.04. The SMILES string of the molecule is C#CCC(CC)NS(=O)(=O)CCOc1ccccc1N. The van der Waals surface area contributed by atoms with Crippen molar-refractivity contribution in [2.24, 2.45) is 0 Å². The van der Waals surface area contributed by atoms with Crippen LogP contribution in [-0.4, -0.2) is 26.8 Å². The Kier molecular flexibility index (Phi) is 6.36. The van der Waals surface area contributed by atoms with Gasteiger partial charge in [0.2, 0.25) is 10.0 Å². The normalized spacial score (nSPS) is 12.6. The standard InChI is InChI=1S/C14H20N2O3S/c1-3-7-12(4-2)16-20(17,18)11-10-19-14-9-6-5-8-13(14)15/h1,5-6,8-9,12,16H,4,7,10-11,15H2,2H3. The molecule has 110 valence electrons. The maximum absolute atomic E-state index is 11.9. The summed E-state index contributed by atoms with van der Waals surface area (Å²) >= 11 is 0. The van der Waals surface area contributed by atoms with Crippen molar-refractivity contribution in [2.75, 3.05) is 18.1 Å². The highest BCUT2D eigenvalue weighted by atomic mass is 32.2. The van der Waals surface area contributed by atoms with Crippen LogP contribution in [0, 0.1) is 12.3 Å². The average molecular weight is 296 g/mol. The predicted octanol–water partition coefficient (Wildman–Crippen LogP) is 1.37. The van der Waals surface area contributed by atoms with Gasteiger partial charge in [0, 0.05) is 12.5 Å². The van der Waals surface area contributed by atoms with Gasteiger partial charge in [0.1, 0.15) is 12.4 Å². The fourth-order valence-electron chi connectivity index (χ4n) is 1.60. The second-order valence-electron chi connectivity index (χ2n) is 4.34. The Bertz CT molecular complexity index is 564. The summed E-state index contributed by atoms with van der Waals surface area (Å²) in [6.07, 6.45) is 6.22. The number of nitrogens with one attached hydrogen (secondary N) is 1. The highest BCUT2D eigenvalue weighted by molar-refractivity contribution is 7.89. The smallest absolute Gasteiger partial charge is 0.215 e. The van der Waals surface area contributed by atoms with E-state index >= 15 is 0 Å². The molecular weight excluding hydrogens is 276 g/mol. The molecule has 6 heteroatoms. The molecule has 3 N–H and O–H groups in total. The van der Waals surface area contributed by atoms with Gasteiger partial charge in [0.25, 0.3) is 0 Å². The lowest BCUT2D eigenvalue weighted by atomic mass is 10.2. The number of anilines is 1. The van der Waals surface area contributed by atoms with Crippen molar-refractivity contribution in [2.45, 2.75) is 25.8 Å². The first kappa shape index (κ1) is 16.3. The highest BCUT2D eigenvalue weighted by Crippen LogP contribution is 2.19. The summed E-state index contributed by atoms with van der Waals surface area (Å²) in [4.78, 5) is 0. The molecule has 0 fully saturated rings. The first-order valence-electron chi connectivity index (χ1n) is 6.39. The third kappa shape index (κ3) is 5.51. The largest absolute Gasteiger partial charge is 0.490 e. The van der Waals surface area contributed by atoms with Crippen LogP contribution in [0.2, 0.25) is 0 Å². The van der Waals surface area contributed by atoms with Crippen LogP contribution < -0.4 is 15.2 Å². The lowest BCUT2D eigenvalue weighted by Crippen LogP contribution is -2.37. The molecule has 1 unspecified atom stereocenters. The molecular formula is C14H20N2O3S. The summed E-state index contributed by atoms with van der Waals surface area (Å²) in [6.45, 7) is 1.92. The molecule has 1 rings (SSSR count). The van der Waals surface area contributed by atoms with E-state index in [4.69, 9.17) is 16.9 Å². The van der Waals surface area contributed by atoms with E-state index in [1.54, 1.807) is 24.3 Å². The molecule has 0 saturated heterocycles. The van der Waals surface area contributed by atoms with Crippen LogP contribution in [0.1, 0.15) is 19.8 Å². The molecule has 0 bridgehead atoms. The van der Waals surface area contributed by atoms with Gasteiger partial charge < -0.3 is 10.5 Å². The maximum Gasteiger partial charge on any atom is 0.215 e. The van der Waals surface area contributed by atoms with Crippen LogP contribution in [0.5, 0.6) is 5.75 Å². The molecule has 5 nitrogen and oxygen atoms in total. The van der Waals surface area contributed by atoms with E-state index < -0.39 is 10.0 Å². The third-order valence-electron chi connectivity index (χ3n) is 2.73. The number of sulfonamides is 1. The second-order valence-corrected chi connectivity index (χ2v) is 6.21. The molecule has 0 aliphatic heterocycles. The molecule has 1 aromatic rings. The molecule has 0 heterocycles. The van der Waals surface area contributed by atoms with E-state index in [1.807, 2.05) is 6.92 Å². The van der Waals surface area contributed by atoms with Gasteiger partial charge in [-0.3, -0.25) is 0 Å². The Morgan fingerprint density at radius 3 is 2.75 bits per heavy atom. The van der Waals surface area contributed by atoms with Gasteiger partial charge in [-0.25, -0.2) is 13.1 Å². The van der Waals surface area contributed by atoms with E-state index in [1.165, 1.54) is 0 Å². The van der Waals surface area contributed by atoms with Gasteiger partial charge in [-0.1, -0.05) is 19.1 Å². The predicted molar refractivity (Wildman–Crippen MR) is 80.8 cm³/mol. The van der Waals surface area contributed by atoms with E-state index in [-0.39, 0.29) is 18.4 Å². The van der Waals surface area contributed by atoms with Gasteiger partial charge >= 0.3 is 0 Å². The number of rotatable bonds is 8. The number of ether oxygens (including phenoxy) is 1. The minimum absolute atomic E-state index is 0.0377. The summed E-state index contributed by atoms with van der Waals surface area (Å²) < 4.78 is 31.6. The quantitative estimate of drug-likeness (QED) is 0.561. The van der Waals surface area contributed by atoms with Gasteiger partial charge in [-0.15, -0.1) is 12.3 Å². The van der Waals surface area contributed by atoms with E-state index in [0.717, 1.165) is 0 Å². The second kappa shape index (κ2) is 7.78. The van der Waals surface area contributed by atoms with Crippen molar-refractivity contribution in [3.05, 3.63) is 24.3 Å². The van der Waals surface area contributed by atoms with Crippen molar-refractivity contribution in [3.8, 4) is 18.1 Å².